The van der Waals surface area contributed by atoms with Gasteiger partial charge < -0.3 is 11.5 Å². The molecule has 19 heavy (non-hydrogen) atoms. The molecule has 4 N–H and O–H groups in total. The highest BCUT2D eigenvalue weighted by Crippen LogP contribution is 2.56. The zero-order valence-corrected chi connectivity index (χ0v) is 10.9. The Hall–Kier alpha value is -1.00. The van der Waals surface area contributed by atoms with Gasteiger partial charge in [-0.15, -0.1) is 0 Å². The molecule has 1 aromatic rings. The van der Waals surface area contributed by atoms with E-state index in [1.54, 1.807) is 6.07 Å². The minimum absolute atomic E-state index is 0.161. The summed E-state index contributed by atoms with van der Waals surface area (Å²) in [7, 11) is 0. The van der Waals surface area contributed by atoms with Crippen molar-refractivity contribution in [3.05, 3.63) is 35.4 Å². The number of nitrogens with two attached hydrogens (primary N) is 2. The van der Waals surface area contributed by atoms with Gasteiger partial charge in [-0.1, -0.05) is 6.07 Å². The molecule has 2 unspecified atom stereocenters. The van der Waals surface area contributed by atoms with Crippen LogP contribution in [0, 0.1) is 17.6 Å². The van der Waals surface area contributed by atoms with E-state index in [0.29, 0.717) is 5.92 Å². The van der Waals surface area contributed by atoms with Crippen molar-refractivity contribution in [1.29, 1.82) is 0 Å². The van der Waals surface area contributed by atoms with Crippen LogP contribution in [0.5, 0.6) is 0 Å². The molecule has 0 radical (unpaired) electrons. The van der Waals surface area contributed by atoms with Crippen molar-refractivity contribution in [3.63, 3.8) is 0 Å². The molecule has 0 bridgehead atoms. The third-order valence-corrected chi connectivity index (χ3v) is 4.86. The van der Waals surface area contributed by atoms with E-state index in [2.05, 4.69) is 0 Å². The maximum absolute atomic E-state index is 13.3. The van der Waals surface area contributed by atoms with Gasteiger partial charge in [0.2, 0.25) is 0 Å². The molecular weight excluding hydrogens is 246 g/mol. The minimum atomic E-state index is -0.785. The molecule has 3 rings (SSSR count). The predicted octanol–water partition coefficient (Wildman–Crippen LogP) is 2.67. The molecule has 1 aromatic carbocycles. The average Bonchev–Trinajstić information content (AvgIpc) is 3.17. The van der Waals surface area contributed by atoms with Crippen LogP contribution in [0.3, 0.4) is 0 Å². The Labute approximate surface area is 112 Å². The summed E-state index contributed by atoms with van der Waals surface area (Å²) in [5, 5.41) is 0. The summed E-state index contributed by atoms with van der Waals surface area (Å²) in [6.07, 6.45) is 4.81. The summed E-state index contributed by atoms with van der Waals surface area (Å²) in [6, 6.07) is 4.48. The van der Waals surface area contributed by atoms with Crippen LogP contribution >= 0.6 is 0 Å². The molecule has 2 aliphatic carbocycles. The van der Waals surface area contributed by atoms with Crippen molar-refractivity contribution in [2.75, 3.05) is 0 Å². The lowest BCUT2D eigenvalue weighted by atomic mass is 9.76. The van der Waals surface area contributed by atoms with Crippen molar-refractivity contribution in [2.24, 2.45) is 17.4 Å². The third-order valence-electron chi connectivity index (χ3n) is 4.86. The van der Waals surface area contributed by atoms with Gasteiger partial charge in [0.15, 0.2) is 11.6 Å². The lowest BCUT2D eigenvalue weighted by molar-refractivity contribution is 0.239. The minimum Gasteiger partial charge on any atom is -0.328 e. The molecule has 0 amide bonds. The van der Waals surface area contributed by atoms with E-state index >= 15 is 0 Å². The monoisotopic (exact) mass is 266 g/mol. The van der Waals surface area contributed by atoms with Gasteiger partial charge in [0.25, 0.3) is 0 Å². The van der Waals surface area contributed by atoms with Gasteiger partial charge in [0.05, 0.1) is 0 Å². The highest BCUT2D eigenvalue weighted by Gasteiger charge is 2.51. The third kappa shape index (κ3) is 2.39. The molecule has 0 aromatic heterocycles. The molecule has 0 spiro atoms. The lowest BCUT2D eigenvalue weighted by Gasteiger charge is -2.36. The van der Waals surface area contributed by atoms with E-state index in [4.69, 9.17) is 11.5 Å². The zero-order valence-electron chi connectivity index (χ0n) is 10.9. The van der Waals surface area contributed by atoms with Crippen LogP contribution in [0.1, 0.15) is 43.6 Å². The van der Waals surface area contributed by atoms with Crippen molar-refractivity contribution >= 4 is 0 Å². The van der Waals surface area contributed by atoms with Crippen LogP contribution < -0.4 is 11.5 Å². The molecule has 0 heterocycles. The topological polar surface area (TPSA) is 52.0 Å². The van der Waals surface area contributed by atoms with Crippen LogP contribution in [0.15, 0.2) is 18.2 Å². The lowest BCUT2D eigenvalue weighted by Crippen LogP contribution is -2.48. The Kier molecular flexibility index (Phi) is 3.10. The smallest absolute Gasteiger partial charge is 0.159 e. The first-order chi connectivity index (χ1) is 8.99. The number of hydrogen-bond donors (Lipinski definition) is 2. The van der Waals surface area contributed by atoms with Gasteiger partial charge in [-0.05, 0) is 61.6 Å². The molecule has 2 saturated carbocycles. The van der Waals surface area contributed by atoms with E-state index in [1.165, 1.54) is 12.1 Å². The highest BCUT2D eigenvalue weighted by molar-refractivity contribution is 5.29. The van der Waals surface area contributed by atoms with E-state index in [-0.39, 0.29) is 17.5 Å². The van der Waals surface area contributed by atoms with Crippen molar-refractivity contribution < 1.29 is 8.78 Å². The van der Waals surface area contributed by atoms with Crippen LogP contribution in [0.25, 0.3) is 0 Å². The quantitative estimate of drug-likeness (QED) is 0.864. The SMILES string of the molecule is NC1CCC(N)(C2CC2c2ccc(F)c(F)c2)CC1. The fraction of sp³-hybridized carbons (Fsp3) is 0.600. The Morgan fingerprint density at radius 1 is 1.11 bits per heavy atom. The van der Waals surface area contributed by atoms with E-state index in [1.807, 2.05) is 0 Å². The maximum Gasteiger partial charge on any atom is 0.159 e. The van der Waals surface area contributed by atoms with Crippen LogP contribution in [0.4, 0.5) is 8.78 Å². The number of benzene rings is 1. The fourth-order valence-electron chi connectivity index (χ4n) is 3.49. The van der Waals surface area contributed by atoms with E-state index in [0.717, 1.165) is 37.7 Å². The molecule has 2 nitrogen and oxygen atoms in total. The van der Waals surface area contributed by atoms with Gasteiger partial charge in [-0.25, -0.2) is 8.78 Å². The largest absolute Gasteiger partial charge is 0.328 e. The second kappa shape index (κ2) is 4.53. The van der Waals surface area contributed by atoms with Crippen LogP contribution in [-0.2, 0) is 0 Å². The maximum atomic E-state index is 13.3. The zero-order chi connectivity index (χ0) is 13.6. The second-order valence-electron chi connectivity index (χ2n) is 6.19. The molecule has 2 atom stereocenters. The van der Waals surface area contributed by atoms with Crippen molar-refractivity contribution in [1.82, 2.24) is 0 Å². The summed E-state index contributed by atoms with van der Waals surface area (Å²) >= 11 is 0. The Balaban J connectivity index is 1.72. The first-order valence-corrected chi connectivity index (χ1v) is 6.99. The molecular formula is C15H20F2N2. The highest BCUT2D eigenvalue weighted by atomic mass is 19.2. The summed E-state index contributed by atoms with van der Waals surface area (Å²) in [5.74, 6) is -0.869. The van der Waals surface area contributed by atoms with E-state index in [9.17, 15) is 8.78 Å². The van der Waals surface area contributed by atoms with Crippen LogP contribution in [0.2, 0.25) is 0 Å². The summed E-state index contributed by atoms with van der Waals surface area (Å²) in [4.78, 5) is 0. The number of rotatable bonds is 2. The van der Waals surface area contributed by atoms with E-state index < -0.39 is 11.6 Å². The van der Waals surface area contributed by atoms with Gasteiger partial charge in [-0.3, -0.25) is 0 Å². The molecule has 2 fully saturated rings. The Morgan fingerprint density at radius 3 is 2.42 bits per heavy atom. The molecule has 0 aliphatic heterocycles. The summed E-state index contributed by atoms with van der Waals surface area (Å²) in [5.41, 5.74) is 13.1. The van der Waals surface area contributed by atoms with Gasteiger partial charge in [0.1, 0.15) is 0 Å². The van der Waals surface area contributed by atoms with Crippen molar-refractivity contribution in [3.8, 4) is 0 Å². The fourth-order valence-corrected chi connectivity index (χ4v) is 3.49. The molecule has 0 saturated heterocycles. The normalized spacial score (nSPS) is 38.2. The standard InChI is InChI=1S/C15H20F2N2/c16-13-2-1-9(7-14(13)17)11-8-12(11)15(19)5-3-10(18)4-6-15/h1-2,7,10-12H,3-6,8,18-19H2. The van der Waals surface area contributed by atoms with Gasteiger partial charge >= 0.3 is 0 Å². The average molecular weight is 266 g/mol. The molecule has 104 valence electrons. The van der Waals surface area contributed by atoms with Gasteiger partial charge in [0, 0.05) is 11.6 Å². The molecule has 2 aliphatic rings. The predicted molar refractivity (Wildman–Crippen MR) is 70.6 cm³/mol. The van der Waals surface area contributed by atoms with Crippen LogP contribution in [-0.4, -0.2) is 11.6 Å². The summed E-state index contributed by atoms with van der Waals surface area (Å²) < 4.78 is 26.2. The Bertz CT molecular complexity index is 481. The first-order valence-electron chi connectivity index (χ1n) is 6.99. The van der Waals surface area contributed by atoms with Gasteiger partial charge in [-0.2, -0.15) is 0 Å². The number of hydrogen-bond acceptors (Lipinski definition) is 2. The summed E-state index contributed by atoms with van der Waals surface area (Å²) in [6.45, 7) is 0. The van der Waals surface area contributed by atoms with Crippen molar-refractivity contribution in [2.45, 2.75) is 49.6 Å². The number of halogens is 2. The molecule has 4 heteroatoms. The first kappa shape index (κ1) is 13.0. The Morgan fingerprint density at radius 2 is 1.79 bits per heavy atom. The second-order valence-corrected chi connectivity index (χ2v) is 6.19.